The molecule has 1 atom stereocenters. The summed E-state index contributed by atoms with van der Waals surface area (Å²) in [5.74, 6) is -2.59. The second kappa shape index (κ2) is 9.82. The summed E-state index contributed by atoms with van der Waals surface area (Å²) in [6, 6.07) is 6.95. The molecule has 3 rings (SSSR count). The molecule has 1 aliphatic rings. The lowest BCUT2D eigenvalue weighted by Gasteiger charge is -2.31. The van der Waals surface area contributed by atoms with Crippen LogP contribution in [0.3, 0.4) is 0 Å². The Hall–Kier alpha value is -3.39. The van der Waals surface area contributed by atoms with Gasteiger partial charge in [-0.05, 0) is 39.3 Å². The summed E-state index contributed by atoms with van der Waals surface area (Å²) < 4.78 is 12.0. The zero-order valence-electron chi connectivity index (χ0n) is 18.2. The Morgan fingerprint density at radius 1 is 1.12 bits per heavy atom. The second-order valence-electron chi connectivity index (χ2n) is 7.55. The fourth-order valence-electron chi connectivity index (χ4n) is 3.52. The van der Waals surface area contributed by atoms with E-state index in [9.17, 15) is 14.4 Å². The maximum Gasteiger partial charge on any atom is 0.337 e. The Kier molecular flexibility index (Phi) is 7.15. The molecule has 0 spiro atoms. The largest absolute Gasteiger partial charge is 0.460 e. The van der Waals surface area contributed by atoms with Crippen LogP contribution in [0.4, 0.5) is 0 Å². The summed E-state index contributed by atoms with van der Waals surface area (Å²) in [7, 11) is 0. The minimum Gasteiger partial charge on any atom is -0.460 e. The third-order valence-electron chi connectivity index (χ3n) is 4.88. The van der Waals surface area contributed by atoms with E-state index in [1.54, 1.807) is 52.0 Å². The van der Waals surface area contributed by atoms with Crippen molar-refractivity contribution in [1.82, 2.24) is 14.9 Å². The van der Waals surface area contributed by atoms with Crippen molar-refractivity contribution in [3.63, 3.8) is 0 Å². The van der Waals surface area contributed by atoms with Gasteiger partial charge in [0.1, 0.15) is 6.33 Å². The zero-order valence-corrected chi connectivity index (χ0v) is 19.0. The molecular weight excluding hydrogens is 434 g/mol. The molecule has 0 radical (unpaired) electrons. The first-order chi connectivity index (χ1) is 15.2. The van der Waals surface area contributed by atoms with Crippen molar-refractivity contribution >= 4 is 29.4 Å². The first-order valence-electron chi connectivity index (χ1n) is 10.0. The molecule has 1 aromatic heterocycles. The number of hydrogen-bond donors (Lipinski definition) is 1. The van der Waals surface area contributed by atoms with Gasteiger partial charge >= 0.3 is 11.9 Å². The Balaban J connectivity index is 1.99. The number of hydrogen-bond acceptors (Lipinski definition) is 7. The lowest BCUT2D eigenvalue weighted by atomic mass is 9.80. The number of benzene rings is 1. The van der Waals surface area contributed by atoms with Gasteiger partial charge in [-0.2, -0.15) is 0 Å². The molecule has 1 aliphatic heterocycles. The Morgan fingerprint density at radius 2 is 1.78 bits per heavy atom. The predicted molar refractivity (Wildman–Crippen MR) is 118 cm³/mol. The van der Waals surface area contributed by atoms with E-state index in [0.717, 1.165) is 0 Å². The summed E-state index contributed by atoms with van der Waals surface area (Å²) in [6.07, 6.45) is 3.87. The first-order valence-corrected chi connectivity index (χ1v) is 10.4. The third kappa shape index (κ3) is 4.91. The van der Waals surface area contributed by atoms with Crippen LogP contribution in [0.1, 0.15) is 44.0 Å². The van der Waals surface area contributed by atoms with Crippen molar-refractivity contribution in [2.24, 2.45) is 0 Å². The van der Waals surface area contributed by atoms with Gasteiger partial charge in [0.2, 0.25) is 0 Å². The maximum absolute atomic E-state index is 13.2. The molecule has 32 heavy (non-hydrogen) atoms. The van der Waals surface area contributed by atoms with E-state index in [-0.39, 0.29) is 17.3 Å². The predicted octanol–water partition coefficient (Wildman–Crippen LogP) is 3.61. The zero-order chi connectivity index (χ0) is 23.4. The number of nitrogens with one attached hydrogen (secondary N) is 1. The van der Waals surface area contributed by atoms with Crippen LogP contribution in [0.5, 0.6) is 0 Å². The number of nitrogens with zero attached hydrogens (tertiary/aromatic N) is 2. The van der Waals surface area contributed by atoms with Crippen LogP contribution >= 0.6 is 11.6 Å². The Bertz CT molecular complexity index is 1100. The summed E-state index contributed by atoms with van der Waals surface area (Å²) in [5.41, 5.74) is 2.03. The molecule has 0 bridgehead atoms. The third-order valence-corrected chi connectivity index (χ3v) is 5.22. The molecule has 0 amide bonds. The molecule has 1 unspecified atom stereocenters. The number of aromatic nitrogens is 2. The fraction of sp³-hybridized carbons (Fsp3) is 0.304. The van der Waals surface area contributed by atoms with Crippen molar-refractivity contribution in [3.8, 4) is 0 Å². The average molecular weight is 458 g/mol. The highest BCUT2D eigenvalue weighted by molar-refractivity contribution is 6.31. The van der Waals surface area contributed by atoms with Gasteiger partial charge in [-0.25, -0.2) is 14.6 Å². The van der Waals surface area contributed by atoms with Crippen LogP contribution in [0, 0.1) is 0 Å². The van der Waals surface area contributed by atoms with Gasteiger partial charge in [-0.15, -0.1) is 0 Å². The molecule has 9 heteroatoms. The quantitative estimate of drug-likeness (QED) is 0.661. The number of carbonyl (C=O) groups excluding carboxylic acids is 3. The lowest BCUT2D eigenvalue weighted by Crippen LogP contribution is -2.34. The van der Waals surface area contributed by atoms with Gasteiger partial charge < -0.3 is 14.8 Å². The first kappa shape index (κ1) is 23.3. The van der Waals surface area contributed by atoms with Crippen LogP contribution in [0.25, 0.3) is 0 Å². The number of rotatable bonds is 6. The molecule has 2 aromatic rings. The van der Waals surface area contributed by atoms with E-state index in [1.807, 2.05) is 0 Å². The summed E-state index contributed by atoms with van der Waals surface area (Å²) in [4.78, 5) is 42.2. The van der Waals surface area contributed by atoms with Crippen LogP contribution in [-0.2, 0) is 19.1 Å². The van der Waals surface area contributed by atoms with Crippen molar-refractivity contribution < 1.29 is 23.9 Å². The van der Waals surface area contributed by atoms with Gasteiger partial charge in [-0.3, -0.25) is 9.36 Å². The summed E-state index contributed by atoms with van der Waals surface area (Å²) >= 11 is 6.46. The van der Waals surface area contributed by atoms with Crippen LogP contribution < -0.4 is 5.32 Å². The molecule has 1 N–H and O–H groups in total. The number of ether oxygens (including phenoxy) is 2. The highest BCUT2D eigenvalue weighted by Gasteiger charge is 2.39. The minimum atomic E-state index is -0.827. The highest BCUT2D eigenvalue weighted by Crippen LogP contribution is 2.41. The number of dihydropyridines is 1. The Labute approximate surface area is 190 Å². The number of halogens is 1. The lowest BCUT2D eigenvalue weighted by molar-refractivity contribution is -0.143. The second-order valence-corrected chi connectivity index (χ2v) is 7.96. The van der Waals surface area contributed by atoms with Crippen LogP contribution in [0.2, 0.25) is 5.02 Å². The van der Waals surface area contributed by atoms with Gasteiger partial charge in [-0.1, -0.05) is 29.8 Å². The van der Waals surface area contributed by atoms with Crippen molar-refractivity contribution in [3.05, 3.63) is 76.1 Å². The van der Waals surface area contributed by atoms with E-state index in [2.05, 4.69) is 10.3 Å². The Morgan fingerprint density at radius 3 is 2.38 bits per heavy atom. The van der Waals surface area contributed by atoms with E-state index in [4.69, 9.17) is 21.1 Å². The summed E-state index contributed by atoms with van der Waals surface area (Å²) in [6.45, 7) is 6.43. The van der Waals surface area contributed by atoms with E-state index in [1.165, 1.54) is 23.3 Å². The summed E-state index contributed by atoms with van der Waals surface area (Å²) in [5, 5.41) is 3.45. The van der Waals surface area contributed by atoms with Crippen molar-refractivity contribution in [2.45, 2.75) is 39.7 Å². The SMILES string of the molecule is CC1=C(C(=O)OCC(=O)n2ccnc2)C(c2ccccc2Cl)C(C(=O)OC(C)C)=C(C)N1. The molecule has 2 heterocycles. The van der Waals surface area contributed by atoms with E-state index in [0.29, 0.717) is 22.0 Å². The maximum atomic E-state index is 13.2. The molecule has 0 saturated heterocycles. The number of allylic oxidation sites excluding steroid dienone is 2. The standard InChI is InChI=1S/C23H24ClN3O5/c1-13(2)32-23(30)20-15(4)26-14(3)19(21(20)16-7-5-6-8-17(16)24)22(29)31-11-18(28)27-10-9-25-12-27/h5-10,12-13,21,26H,11H2,1-4H3. The number of imidazole rings is 1. The van der Waals surface area contributed by atoms with Gasteiger partial charge in [0.05, 0.1) is 23.2 Å². The van der Waals surface area contributed by atoms with Crippen molar-refractivity contribution in [1.29, 1.82) is 0 Å². The molecule has 1 aromatic carbocycles. The fourth-order valence-corrected chi connectivity index (χ4v) is 3.76. The highest BCUT2D eigenvalue weighted by atomic mass is 35.5. The topological polar surface area (TPSA) is 99.5 Å². The average Bonchev–Trinajstić information content (AvgIpc) is 3.26. The monoisotopic (exact) mass is 457 g/mol. The van der Waals surface area contributed by atoms with Gasteiger partial charge in [0, 0.05) is 28.8 Å². The molecule has 8 nitrogen and oxygen atoms in total. The van der Waals surface area contributed by atoms with Crippen LogP contribution in [-0.4, -0.2) is 40.1 Å². The molecule has 0 saturated carbocycles. The molecule has 168 valence electrons. The van der Waals surface area contributed by atoms with Crippen LogP contribution in [0.15, 0.2) is 65.5 Å². The van der Waals surface area contributed by atoms with Gasteiger partial charge in [0.25, 0.3) is 5.91 Å². The molecular formula is C23H24ClN3O5. The normalized spacial score (nSPS) is 16.1. The number of carbonyl (C=O) groups is 3. The van der Waals surface area contributed by atoms with E-state index >= 15 is 0 Å². The van der Waals surface area contributed by atoms with E-state index < -0.39 is 30.4 Å². The van der Waals surface area contributed by atoms with Gasteiger partial charge in [0.15, 0.2) is 6.61 Å². The molecule has 0 fully saturated rings. The van der Waals surface area contributed by atoms with Crippen molar-refractivity contribution in [2.75, 3.05) is 6.61 Å². The smallest absolute Gasteiger partial charge is 0.337 e. The minimum absolute atomic E-state index is 0.179. The number of esters is 2. The molecule has 0 aliphatic carbocycles.